The van der Waals surface area contributed by atoms with Crippen LogP contribution < -0.4 is 11.1 Å². The highest BCUT2D eigenvalue weighted by molar-refractivity contribution is 5.83. The first-order valence-corrected chi connectivity index (χ1v) is 5.65. The van der Waals surface area contributed by atoms with Crippen molar-refractivity contribution in [2.24, 2.45) is 5.73 Å². The summed E-state index contributed by atoms with van der Waals surface area (Å²) in [6.07, 6.45) is 0.230. The summed E-state index contributed by atoms with van der Waals surface area (Å²) in [6, 6.07) is -1.79. The minimum atomic E-state index is -1.24. The van der Waals surface area contributed by atoms with Gasteiger partial charge in [0.05, 0.1) is 0 Å². The average Bonchev–Trinajstić information content (AvgIpc) is 2.70. The van der Waals surface area contributed by atoms with Crippen LogP contribution in [0.2, 0.25) is 0 Å². The van der Waals surface area contributed by atoms with E-state index in [4.69, 9.17) is 15.9 Å². The lowest BCUT2D eigenvalue weighted by atomic mass is 10.1. The van der Waals surface area contributed by atoms with Crippen LogP contribution in [0.4, 0.5) is 4.79 Å². The smallest absolute Gasteiger partial charge is 0.326 e. The van der Waals surface area contributed by atoms with Crippen LogP contribution in [-0.2, 0) is 9.59 Å². The Morgan fingerprint density at radius 1 is 1.39 bits per heavy atom. The van der Waals surface area contributed by atoms with E-state index >= 15 is 0 Å². The van der Waals surface area contributed by atoms with Crippen molar-refractivity contribution in [3.8, 4) is 0 Å². The number of amides is 2. The molecule has 2 atom stereocenters. The standard InChI is InChI=1S/C10H17N3O5/c11-6-3-4-13(5-6)10(18)12-7(9(16)17)1-2-8(14)15/h6-7H,1-5,11H2,(H,12,18)(H,14,15)(H,16,17). The Bertz CT molecular complexity index is 346. The molecule has 1 aliphatic heterocycles. The van der Waals surface area contributed by atoms with Crippen LogP contribution in [0.3, 0.4) is 0 Å². The van der Waals surface area contributed by atoms with Gasteiger partial charge >= 0.3 is 18.0 Å². The summed E-state index contributed by atoms with van der Waals surface area (Å²) in [5.74, 6) is -2.34. The highest BCUT2D eigenvalue weighted by Crippen LogP contribution is 2.08. The molecule has 1 rings (SSSR count). The highest BCUT2D eigenvalue weighted by atomic mass is 16.4. The topological polar surface area (TPSA) is 133 Å². The number of carboxylic acids is 2. The van der Waals surface area contributed by atoms with Crippen molar-refractivity contribution >= 4 is 18.0 Å². The third-order valence-electron chi connectivity index (χ3n) is 2.75. The van der Waals surface area contributed by atoms with Gasteiger partial charge in [0.1, 0.15) is 6.04 Å². The summed E-state index contributed by atoms with van der Waals surface area (Å²) in [5.41, 5.74) is 5.64. The van der Waals surface area contributed by atoms with E-state index in [1.165, 1.54) is 4.90 Å². The Morgan fingerprint density at radius 3 is 2.50 bits per heavy atom. The largest absolute Gasteiger partial charge is 0.481 e. The number of carboxylic acid groups (broad SMARTS) is 2. The van der Waals surface area contributed by atoms with Gasteiger partial charge in [0.2, 0.25) is 0 Å². The second-order valence-corrected chi connectivity index (χ2v) is 4.27. The predicted molar refractivity (Wildman–Crippen MR) is 61.0 cm³/mol. The van der Waals surface area contributed by atoms with E-state index in [1.54, 1.807) is 0 Å². The molecule has 1 fully saturated rings. The minimum absolute atomic E-state index is 0.0851. The lowest BCUT2D eigenvalue weighted by Gasteiger charge is -2.20. The number of nitrogens with one attached hydrogen (secondary N) is 1. The molecule has 8 heteroatoms. The molecular weight excluding hydrogens is 242 g/mol. The second kappa shape index (κ2) is 6.20. The zero-order valence-corrected chi connectivity index (χ0v) is 9.83. The van der Waals surface area contributed by atoms with E-state index in [2.05, 4.69) is 5.32 Å². The Morgan fingerprint density at radius 2 is 2.06 bits per heavy atom. The molecule has 0 radical (unpaired) electrons. The van der Waals surface area contributed by atoms with Crippen LogP contribution >= 0.6 is 0 Å². The SMILES string of the molecule is NC1CCN(C(=O)NC(CCC(=O)O)C(=O)O)C1. The summed E-state index contributed by atoms with van der Waals surface area (Å²) in [4.78, 5) is 34.4. The molecule has 0 saturated carbocycles. The molecule has 0 spiro atoms. The van der Waals surface area contributed by atoms with Crippen LogP contribution in [0.5, 0.6) is 0 Å². The van der Waals surface area contributed by atoms with Crippen LogP contribution in [0.1, 0.15) is 19.3 Å². The molecule has 5 N–H and O–H groups in total. The van der Waals surface area contributed by atoms with E-state index in [-0.39, 0.29) is 18.9 Å². The molecule has 2 unspecified atom stereocenters. The van der Waals surface area contributed by atoms with Crippen molar-refractivity contribution in [3.63, 3.8) is 0 Å². The number of nitrogens with zero attached hydrogens (tertiary/aromatic N) is 1. The minimum Gasteiger partial charge on any atom is -0.481 e. The highest BCUT2D eigenvalue weighted by Gasteiger charge is 2.27. The van der Waals surface area contributed by atoms with Crippen molar-refractivity contribution < 1.29 is 24.6 Å². The summed E-state index contributed by atoms with van der Waals surface area (Å²) < 4.78 is 0. The number of hydrogen-bond donors (Lipinski definition) is 4. The van der Waals surface area contributed by atoms with Crippen LogP contribution in [-0.4, -0.2) is 58.3 Å². The van der Waals surface area contributed by atoms with Gasteiger partial charge in [0, 0.05) is 25.6 Å². The molecule has 1 aliphatic rings. The van der Waals surface area contributed by atoms with E-state index in [1.807, 2.05) is 0 Å². The third-order valence-corrected chi connectivity index (χ3v) is 2.75. The molecule has 0 aromatic carbocycles. The zero-order chi connectivity index (χ0) is 13.7. The number of urea groups is 1. The maximum absolute atomic E-state index is 11.7. The number of carbonyl (C=O) groups is 3. The number of likely N-dealkylation sites (tertiary alicyclic amines) is 1. The molecule has 1 saturated heterocycles. The Labute approximate surface area is 104 Å². The fraction of sp³-hybridized carbons (Fsp3) is 0.700. The summed E-state index contributed by atoms with van der Waals surface area (Å²) in [6.45, 7) is 0.870. The molecule has 0 aliphatic carbocycles. The van der Waals surface area contributed by atoms with Crippen molar-refractivity contribution in [2.45, 2.75) is 31.3 Å². The molecule has 18 heavy (non-hydrogen) atoms. The first-order chi connectivity index (χ1) is 8.40. The van der Waals surface area contributed by atoms with Crippen molar-refractivity contribution in [2.75, 3.05) is 13.1 Å². The van der Waals surface area contributed by atoms with Crippen LogP contribution in [0.15, 0.2) is 0 Å². The third kappa shape index (κ3) is 4.21. The Balaban J connectivity index is 2.47. The lowest BCUT2D eigenvalue weighted by molar-refractivity contribution is -0.140. The summed E-state index contributed by atoms with van der Waals surface area (Å²) >= 11 is 0. The zero-order valence-electron chi connectivity index (χ0n) is 9.83. The number of nitrogens with two attached hydrogens (primary N) is 1. The summed E-state index contributed by atoms with van der Waals surface area (Å²) in [7, 11) is 0. The number of aliphatic carboxylic acids is 2. The first kappa shape index (κ1) is 14.2. The van der Waals surface area contributed by atoms with Gasteiger partial charge in [-0.25, -0.2) is 9.59 Å². The van der Waals surface area contributed by atoms with Gasteiger partial charge in [0.15, 0.2) is 0 Å². The van der Waals surface area contributed by atoms with Gasteiger partial charge in [-0.2, -0.15) is 0 Å². The van der Waals surface area contributed by atoms with Crippen molar-refractivity contribution in [3.05, 3.63) is 0 Å². The molecular formula is C10H17N3O5. The molecule has 0 aromatic rings. The van der Waals surface area contributed by atoms with Gasteiger partial charge in [-0.1, -0.05) is 0 Å². The quantitative estimate of drug-likeness (QED) is 0.503. The normalized spacial score (nSPS) is 20.5. The molecule has 2 amide bonds. The van der Waals surface area contributed by atoms with Gasteiger partial charge in [-0.05, 0) is 12.8 Å². The van der Waals surface area contributed by atoms with Gasteiger partial charge < -0.3 is 26.2 Å². The molecule has 0 bridgehead atoms. The van der Waals surface area contributed by atoms with Gasteiger partial charge in [0.25, 0.3) is 0 Å². The second-order valence-electron chi connectivity index (χ2n) is 4.27. The first-order valence-electron chi connectivity index (χ1n) is 5.65. The van der Waals surface area contributed by atoms with Crippen molar-refractivity contribution in [1.29, 1.82) is 0 Å². The molecule has 1 heterocycles. The maximum Gasteiger partial charge on any atom is 0.326 e. The molecule has 0 aromatic heterocycles. The van der Waals surface area contributed by atoms with Crippen molar-refractivity contribution in [1.82, 2.24) is 10.2 Å². The average molecular weight is 259 g/mol. The summed E-state index contributed by atoms with van der Waals surface area (Å²) in [5, 5.41) is 19.7. The fourth-order valence-electron chi connectivity index (χ4n) is 1.74. The Kier molecular flexibility index (Phi) is 4.90. The Hall–Kier alpha value is -1.83. The maximum atomic E-state index is 11.7. The van der Waals surface area contributed by atoms with E-state index < -0.39 is 24.0 Å². The number of carbonyl (C=O) groups excluding carboxylic acids is 1. The number of hydrogen-bond acceptors (Lipinski definition) is 4. The monoisotopic (exact) mass is 259 g/mol. The van der Waals surface area contributed by atoms with Gasteiger partial charge in [-0.15, -0.1) is 0 Å². The van der Waals surface area contributed by atoms with E-state index in [9.17, 15) is 14.4 Å². The fourth-order valence-corrected chi connectivity index (χ4v) is 1.74. The van der Waals surface area contributed by atoms with Crippen LogP contribution in [0, 0.1) is 0 Å². The van der Waals surface area contributed by atoms with E-state index in [0.29, 0.717) is 19.5 Å². The van der Waals surface area contributed by atoms with Gasteiger partial charge in [-0.3, -0.25) is 4.79 Å². The predicted octanol–water partition coefficient (Wildman–Crippen LogP) is -0.953. The van der Waals surface area contributed by atoms with E-state index in [0.717, 1.165) is 0 Å². The lowest BCUT2D eigenvalue weighted by Crippen LogP contribution is -2.47. The van der Waals surface area contributed by atoms with Crippen LogP contribution in [0.25, 0.3) is 0 Å². The molecule has 102 valence electrons. The number of rotatable bonds is 5. The molecule has 8 nitrogen and oxygen atoms in total.